The molecule has 0 fully saturated rings. The average Bonchev–Trinajstić information content (AvgIpc) is 2.95. The Balaban J connectivity index is 1.94. The molecule has 0 unspecified atom stereocenters. The van der Waals surface area contributed by atoms with Crippen molar-refractivity contribution >= 4 is 39.8 Å². The van der Waals surface area contributed by atoms with E-state index in [-0.39, 0.29) is 5.91 Å². The van der Waals surface area contributed by atoms with Crippen molar-refractivity contribution in [2.75, 3.05) is 5.32 Å². The molecule has 94 valence electrons. The van der Waals surface area contributed by atoms with E-state index in [9.17, 15) is 4.79 Å². The number of amides is 1. The maximum atomic E-state index is 11.6. The lowest BCUT2D eigenvalue weighted by Crippen LogP contribution is -2.07. The molecule has 0 saturated carbocycles. The summed E-state index contributed by atoms with van der Waals surface area (Å²) in [5, 5.41) is 14.8. The zero-order valence-electron chi connectivity index (χ0n) is 10.0. The van der Waals surface area contributed by atoms with Crippen molar-refractivity contribution < 1.29 is 4.79 Å². The zero-order chi connectivity index (χ0) is 13.0. The third-order valence-electron chi connectivity index (χ3n) is 2.04. The van der Waals surface area contributed by atoms with Gasteiger partial charge in [-0.15, -0.1) is 21.5 Å². The number of hydrogen-bond acceptors (Lipinski definition) is 6. The van der Waals surface area contributed by atoms with Crippen molar-refractivity contribution in [3.63, 3.8) is 0 Å². The summed E-state index contributed by atoms with van der Waals surface area (Å²) in [6, 6.07) is 0. The quantitative estimate of drug-likeness (QED) is 0.874. The Labute approximate surface area is 113 Å². The highest BCUT2D eigenvalue weighted by Crippen LogP contribution is 2.15. The summed E-state index contributed by atoms with van der Waals surface area (Å²) in [7, 11) is 0. The SMILES string of the molecule is CCc1nnc(NC(=O)/C=C/c2csc(C)n2)s1. The first-order valence-electron chi connectivity index (χ1n) is 5.41. The number of thiazole rings is 1. The lowest BCUT2D eigenvalue weighted by Gasteiger charge is -1.93. The van der Waals surface area contributed by atoms with Gasteiger partial charge in [0, 0.05) is 11.5 Å². The first kappa shape index (κ1) is 12.8. The van der Waals surface area contributed by atoms with E-state index in [2.05, 4.69) is 20.5 Å². The molecule has 0 aliphatic carbocycles. The number of aryl methyl sites for hydroxylation is 2. The summed E-state index contributed by atoms with van der Waals surface area (Å²) >= 11 is 2.94. The molecule has 0 aliphatic heterocycles. The van der Waals surface area contributed by atoms with Gasteiger partial charge >= 0.3 is 0 Å². The molecule has 0 bridgehead atoms. The van der Waals surface area contributed by atoms with Gasteiger partial charge in [-0.2, -0.15) is 0 Å². The Bertz CT molecular complexity index is 573. The van der Waals surface area contributed by atoms with Crippen LogP contribution < -0.4 is 5.32 Å². The summed E-state index contributed by atoms with van der Waals surface area (Å²) in [5.41, 5.74) is 0.791. The van der Waals surface area contributed by atoms with Crippen molar-refractivity contribution in [1.29, 1.82) is 0 Å². The van der Waals surface area contributed by atoms with E-state index in [0.29, 0.717) is 5.13 Å². The summed E-state index contributed by atoms with van der Waals surface area (Å²) in [6.45, 7) is 3.92. The Morgan fingerprint density at radius 1 is 1.50 bits per heavy atom. The molecule has 2 aromatic rings. The minimum atomic E-state index is -0.223. The van der Waals surface area contributed by atoms with Crippen LogP contribution in [0.3, 0.4) is 0 Å². The van der Waals surface area contributed by atoms with Gasteiger partial charge in [-0.1, -0.05) is 18.3 Å². The van der Waals surface area contributed by atoms with Crippen molar-refractivity contribution in [3.8, 4) is 0 Å². The molecule has 0 spiro atoms. The molecule has 0 atom stereocenters. The van der Waals surface area contributed by atoms with E-state index in [1.807, 2.05) is 19.2 Å². The monoisotopic (exact) mass is 280 g/mol. The van der Waals surface area contributed by atoms with Crippen molar-refractivity contribution in [2.24, 2.45) is 0 Å². The number of nitrogens with one attached hydrogen (secondary N) is 1. The standard InChI is InChI=1S/C11H12N4OS2/c1-3-10-14-15-11(18-10)13-9(16)5-4-8-6-17-7(2)12-8/h4-6H,3H2,1-2H3,(H,13,15,16)/b5-4+. The van der Waals surface area contributed by atoms with Gasteiger partial charge in [0.15, 0.2) is 0 Å². The zero-order valence-corrected chi connectivity index (χ0v) is 11.6. The van der Waals surface area contributed by atoms with Crippen LogP contribution in [0.25, 0.3) is 6.08 Å². The molecule has 0 saturated heterocycles. The second-order valence-electron chi connectivity index (χ2n) is 3.47. The summed E-state index contributed by atoms with van der Waals surface area (Å²) in [6.07, 6.45) is 3.95. The Morgan fingerprint density at radius 3 is 2.94 bits per heavy atom. The molecule has 5 nitrogen and oxygen atoms in total. The van der Waals surface area contributed by atoms with Crippen LogP contribution in [0.5, 0.6) is 0 Å². The third kappa shape index (κ3) is 3.44. The van der Waals surface area contributed by atoms with E-state index in [1.54, 1.807) is 17.4 Å². The third-order valence-corrected chi connectivity index (χ3v) is 3.82. The molecule has 18 heavy (non-hydrogen) atoms. The molecule has 7 heteroatoms. The van der Waals surface area contributed by atoms with Crippen LogP contribution in [0.1, 0.15) is 22.6 Å². The molecule has 0 aromatic carbocycles. The number of carbonyl (C=O) groups excluding carboxylic acids is 1. The predicted molar refractivity (Wildman–Crippen MR) is 73.8 cm³/mol. The number of nitrogens with zero attached hydrogens (tertiary/aromatic N) is 3. The molecule has 1 N–H and O–H groups in total. The van der Waals surface area contributed by atoms with Crippen LogP contribution >= 0.6 is 22.7 Å². The Kier molecular flexibility index (Phi) is 4.16. The van der Waals surface area contributed by atoms with Gasteiger partial charge in [-0.3, -0.25) is 10.1 Å². The largest absolute Gasteiger partial charge is 0.297 e. The molecular weight excluding hydrogens is 268 g/mol. The smallest absolute Gasteiger partial charge is 0.250 e. The van der Waals surface area contributed by atoms with Crippen LogP contribution in [-0.4, -0.2) is 21.1 Å². The van der Waals surface area contributed by atoms with Crippen LogP contribution in [0.15, 0.2) is 11.5 Å². The average molecular weight is 280 g/mol. The fraction of sp³-hybridized carbons (Fsp3) is 0.273. The first-order chi connectivity index (χ1) is 8.67. The lowest BCUT2D eigenvalue weighted by atomic mass is 10.4. The van der Waals surface area contributed by atoms with Crippen LogP contribution in [0, 0.1) is 6.92 Å². The van der Waals surface area contributed by atoms with Crippen LogP contribution in [0.4, 0.5) is 5.13 Å². The molecular formula is C11H12N4OS2. The van der Waals surface area contributed by atoms with E-state index >= 15 is 0 Å². The number of aromatic nitrogens is 3. The summed E-state index contributed by atoms with van der Waals surface area (Å²) in [4.78, 5) is 15.8. The number of hydrogen-bond donors (Lipinski definition) is 1. The highest BCUT2D eigenvalue weighted by atomic mass is 32.1. The molecule has 0 aliphatic rings. The van der Waals surface area contributed by atoms with Crippen LogP contribution in [-0.2, 0) is 11.2 Å². The minimum Gasteiger partial charge on any atom is -0.297 e. The van der Waals surface area contributed by atoms with Gasteiger partial charge < -0.3 is 0 Å². The van der Waals surface area contributed by atoms with E-state index in [4.69, 9.17) is 0 Å². The number of rotatable bonds is 4. The van der Waals surface area contributed by atoms with Crippen molar-refractivity contribution in [1.82, 2.24) is 15.2 Å². The normalized spacial score (nSPS) is 11.0. The Hall–Kier alpha value is -1.60. The van der Waals surface area contributed by atoms with Gasteiger partial charge in [-0.25, -0.2) is 4.98 Å². The maximum absolute atomic E-state index is 11.6. The summed E-state index contributed by atoms with van der Waals surface area (Å²) < 4.78 is 0. The first-order valence-corrected chi connectivity index (χ1v) is 7.10. The van der Waals surface area contributed by atoms with Crippen LogP contribution in [0.2, 0.25) is 0 Å². The number of anilines is 1. The lowest BCUT2D eigenvalue weighted by molar-refractivity contribution is -0.111. The van der Waals surface area contributed by atoms with Crippen molar-refractivity contribution in [2.45, 2.75) is 20.3 Å². The molecule has 2 aromatic heterocycles. The topological polar surface area (TPSA) is 67.8 Å². The maximum Gasteiger partial charge on any atom is 0.250 e. The van der Waals surface area contributed by atoms with Gasteiger partial charge in [0.2, 0.25) is 11.0 Å². The molecule has 0 radical (unpaired) electrons. The van der Waals surface area contributed by atoms with E-state index < -0.39 is 0 Å². The van der Waals surface area contributed by atoms with E-state index in [0.717, 1.165) is 22.1 Å². The molecule has 2 rings (SSSR count). The fourth-order valence-electron chi connectivity index (χ4n) is 1.21. The van der Waals surface area contributed by atoms with E-state index in [1.165, 1.54) is 17.4 Å². The highest BCUT2D eigenvalue weighted by Gasteiger charge is 2.04. The molecule has 1 amide bonds. The predicted octanol–water partition coefficient (Wildman–Crippen LogP) is 2.52. The second kappa shape index (κ2) is 5.83. The summed E-state index contributed by atoms with van der Waals surface area (Å²) in [5.74, 6) is -0.223. The van der Waals surface area contributed by atoms with Gasteiger partial charge in [0.05, 0.1) is 10.7 Å². The fourth-order valence-corrected chi connectivity index (χ4v) is 2.47. The second-order valence-corrected chi connectivity index (χ2v) is 5.59. The minimum absolute atomic E-state index is 0.223. The number of carbonyl (C=O) groups is 1. The van der Waals surface area contributed by atoms with Gasteiger partial charge in [0.1, 0.15) is 5.01 Å². The Morgan fingerprint density at radius 2 is 2.33 bits per heavy atom. The highest BCUT2D eigenvalue weighted by molar-refractivity contribution is 7.15. The van der Waals surface area contributed by atoms with Gasteiger partial charge in [0.25, 0.3) is 0 Å². The van der Waals surface area contributed by atoms with Crippen molar-refractivity contribution in [3.05, 3.63) is 27.2 Å². The molecule has 2 heterocycles. The van der Waals surface area contributed by atoms with Gasteiger partial charge in [-0.05, 0) is 19.4 Å².